The molecule has 1 aromatic carbocycles. The lowest BCUT2D eigenvalue weighted by Crippen LogP contribution is -2.14. The molecule has 0 saturated heterocycles. The predicted octanol–water partition coefficient (Wildman–Crippen LogP) is 3.18. The van der Waals surface area contributed by atoms with Gasteiger partial charge < -0.3 is 11.1 Å². The first-order valence-electron chi connectivity index (χ1n) is 5.75. The van der Waals surface area contributed by atoms with Crippen LogP contribution in [0.15, 0.2) is 18.2 Å². The molecular formula is C13H20N2. The van der Waals surface area contributed by atoms with Crippen molar-refractivity contribution in [1.29, 1.82) is 0 Å². The van der Waals surface area contributed by atoms with Crippen LogP contribution in [0.1, 0.15) is 31.7 Å². The molecule has 0 aliphatic heterocycles. The molecular weight excluding hydrogens is 184 g/mol. The van der Waals surface area contributed by atoms with Crippen molar-refractivity contribution >= 4 is 11.4 Å². The summed E-state index contributed by atoms with van der Waals surface area (Å²) in [7, 11) is 0. The zero-order valence-corrected chi connectivity index (χ0v) is 9.64. The largest absolute Gasteiger partial charge is 0.399 e. The Hall–Kier alpha value is -1.18. The Morgan fingerprint density at radius 3 is 2.67 bits per heavy atom. The lowest BCUT2D eigenvalue weighted by molar-refractivity contribution is 0.521. The molecule has 0 bridgehead atoms. The van der Waals surface area contributed by atoms with Crippen molar-refractivity contribution in [3.63, 3.8) is 0 Å². The second-order valence-electron chi connectivity index (χ2n) is 4.78. The van der Waals surface area contributed by atoms with Gasteiger partial charge in [-0.3, -0.25) is 0 Å². The van der Waals surface area contributed by atoms with Crippen LogP contribution in [0.3, 0.4) is 0 Å². The predicted molar refractivity (Wildman–Crippen MR) is 66.0 cm³/mol. The standard InChI is InChI=1S/C13H20N2/c1-3-13(6-7-13)9-15-12-5-4-11(14)8-10(12)2/h4-5,8,15H,3,6-7,9,14H2,1-2H3. The van der Waals surface area contributed by atoms with Crippen molar-refractivity contribution < 1.29 is 0 Å². The zero-order chi connectivity index (χ0) is 10.9. The number of benzene rings is 1. The van der Waals surface area contributed by atoms with Gasteiger partial charge in [-0.05, 0) is 55.4 Å². The molecule has 1 aliphatic rings. The van der Waals surface area contributed by atoms with E-state index in [9.17, 15) is 0 Å². The fraction of sp³-hybridized carbons (Fsp3) is 0.538. The van der Waals surface area contributed by atoms with Crippen molar-refractivity contribution in [3.8, 4) is 0 Å². The molecule has 0 atom stereocenters. The third-order valence-corrected chi connectivity index (χ3v) is 3.61. The highest BCUT2D eigenvalue weighted by molar-refractivity contribution is 5.57. The van der Waals surface area contributed by atoms with E-state index in [0.29, 0.717) is 5.41 Å². The number of nitrogens with two attached hydrogens (primary N) is 1. The molecule has 1 aromatic rings. The maximum atomic E-state index is 5.72. The van der Waals surface area contributed by atoms with E-state index in [4.69, 9.17) is 5.73 Å². The van der Waals surface area contributed by atoms with Gasteiger partial charge in [0, 0.05) is 17.9 Å². The van der Waals surface area contributed by atoms with E-state index < -0.39 is 0 Å². The van der Waals surface area contributed by atoms with Gasteiger partial charge in [-0.25, -0.2) is 0 Å². The van der Waals surface area contributed by atoms with Crippen LogP contribution in [0.4, 0.5) is 11.4 Å². The normalized spacial score (nSPS) is 17.5. The summed E-state index contributed by atoms with van der Waals surface area (Å²) < 4.78 is 0. The van der Waals surface area contributed by atoms with E-state index in [1.807, 2.05) is 12.1 Å². The highest BCUT2D eigenvalue weighted by Crippen LogP contribution is 2.48. The summed E-state index contributed by atoms with van der Waals surface area (Å²) in [5.74, 6) is 0. The Morgan fingerprint density at radius 1 is 1.40 bits per heavy atom. The minimum absolute atomic E-state index is 0.591. The molecule has 1 fully saturated rings. The molecule has 0 unspecified atom stereocenters. The zero-order valence-electron chi connectivity index (χ0n) is 9.64. The molecule has 2 heteroatoms. The molecule has 82 valence electrons. The highest BCUT2D eigenvalue weighted by atomic mass is 14.9. The van der Waals surface area contributed by atoms with Crippen LogP contribution in [0.5, 0.6) is 0 Å². The Kier molecular flexibility index (Phi) is 2.59. The first-order valence-corrected chi connectivity index (χ1v) is 5.75. The minimum Gasteiger partial charge on any atom is -0.399 e. The average molecular weight is 204 g/mol. The van der Waals surface area contributed by atoms with E-state index >= 15 is 0 Å². The van der Waals surface area contributed by atoms with Gasteiger partial charge in [0.2, 0.25) is 0 Å². The summed E-state index contributed by atoms with van der Waals surface area (Å²) in [5.41, 5.74) is 9.62. The molecule has 1 saturated carbocycles. The van der Waals surface area contributed by atoms with E-state index in [2.05, 4.69) is 25.2 Å². The molecule has 0 amide bonds. The van der Waals surface area contributed by atoms with Gasteiger partial charge in [0.05, 0.1) is 0 Å². The van der Waals surface area contributed by atoms with Gasteiger partial charge in [-0.15, -0.1) is 0 Å². The van der Waals surface area contributed by atoms with Crippen LogP contribution < -0.4 is 11.1 Å². The van der Waals surface area contributed by atoms with Gasteiger partial charge in [-0.2, -0.15) is 0 Å². The summed E-state index contributed by atoms with van der Waals surface area (Å²) >= 11 is 0. The van der Waals surface area contributed by atoms with Crippen LogP contribution in [-0.2, 0) is 0 Å². The van der Waals surface area contributed by atoms with E-state index in [1.165, 1.54) is 30.5 Å². The summed E-state index contributed by atoms with van der Waals surface area (Å²) in [6.07, 6.45) is 4.04. The molecule has 15 heavy (non-hydrogen) atoms. The Labute approximate surface area is 91.9 Å². The fourth-order valence-corrected chi connectivity index (χ4v) is 2.00. The summed E-state index contributed by atoms with van der Waals surface area (Å²) in [6, 6.07) is 6.06. The number of hydrogen-bond acceptors (Lipinski definition) is 2. The van der Waals surface area contributed by atoms with Crippen LogP contribution >= 0.6 is 0 Å². The number of anilines is 2. The maximum Gasteiger partial charge on any atom is 0.0371 e. The topological polar surface area (TPSA) is 38.0 Å². The molecule has 0 spiro atoms. The second kappa shape index (κ2) is 3.76. The molecule has 2 nitrogen and oxygen atoms in total. The number of nitrogen functional groups attached to an aromatic ring is 1. The second-order valence-corrected chi connectivity index (χ2v) is 4.78. The van der Waals surface area contributed by atoms with E-state index in [-0.39, 0.29) is 0 Å². The fourth-order valence-electron chi connectivity index (χ4n) is 2.00. The Balaban J connectivity index is 1.99. The molecule has 0 radical (unpaired) electrons. The number of aryl methyl sites for hydroxylation is 1. The molecule has 0 heterocycles. The third kappa shape index (κ3) is 2.25. The Morgan fingerprint density at radius 2 is 2.13 bits per heavy atom. The van der Waals surface area contributed by atoms with Gasteiger partial charge >= 0.3 is 0 Å². The average Bonchev–Trinajstić information content (AvgIpc) is 2.97. The lowest BCUT2D eigenvalue weighted by Gasteiger charge is -2.16. The van der Waals surface area contributed by atoms with Crippen LogP contribution in [-0.4, -0.2) is 6.54 Å². The van der Waals surface area contributed by atoms with Crippen molar-refractivity contribution in [2.75, 3.05) is 17.6 Å². The molecule has 3 N–H and O–H groups in total. The quantitative estimate of drug-likeness (QED) is 0.739. The van der Waals surface area contributed by atoms with Crippen molar-refractivity contribution in [1.82, 2.24) is 0 Å². The maximum absolute atomic E-state index is 5.72. The van der Waals surface area contributed by atoms with Crippen LogP contribution in [0.25, 0.3) is 0 Å². The number of rotatable bonds is 4. The number of nitrogens with one attached hydrogen (secondary N) is 1. The van der Waals surface area contributed by atoms with Crippen molar-refractivity contribution in [3.05, 3.63) is 23.8 Å². The molecule has 0 aromatic heterocycles. The Bertz CT molecular complexity index is 354. The molecule has 2 rings (SSSR count). The smallest absolute Gasteiger partial charge is 0.0371 e. The monoisotopic (exact) mass is 204 g/mol. The van der Waals surface area contributed by atoms with Gasteiger partial charge in [0.25, 0.3) is 0 Å². The summed E-state index contributed by atoms with van der Waals surface area (Å²) in [5, 5.41) is 3.54. The first-order chi connectivity index (χ1) is 7.15. The summed E-state index contributed by atoms with van der Waals surface area (Å²) in [4.78, 5) is 0. The van der Waals surface area contributed by atoms with Gasteiger partial charge in [0.15, 0.2) is 0 Å². The van der Waals surface area contributed by atoms with Gasteiger partial charge in [0.1, 0.15) is 0 Å². The third-order valence-electron chi connectivity index (χ3n) is 3.61. The van der Waals surface area contributed by atoms with Crippen LogP contribution in [0, 0.1) is 12.3 Å². The van der Waals surface area contributed by atoms with Crippen molar-refractivity contribution in [2.24, 2.45) is 5.41 Å². The SMILES string of the molecule is CCC1(CNc2ccc(N)cc2C)CC1. The minimum atomic E-state index is 0.591. The van der Waals surface area contributed by atoms with Crippen LogP contribution in [0.2, 0.25) is 0 Å². The first kappa shape index (κ1) is 10.3. The number of hydrogen-bond donors (Lipinski definition) is 2. The van der Waals surface area contributed by atoms with Crippen molar-refractivity contribution in [2.45, 2.75) is 33.1 Å². The summed E-state index contributed by atoms with van der Waals surface area (Å²) in [6.45, 7) is 5.49. The lowest BCUT2D eigenvalue weighted by atomic mass is 10.0. The highest BCUT2D eigenvalue weighted by Gasteiger charge is 2.40. The van der Waals surface area contributed by atoms with E-state index in [0.717, 1.165) is 12.2 Å². The van der Waals surface area contributed by atoms with E-state index in [1.54, 1.807) is 0 Å². The molecule has 1 aliphatic carbocycles. The van der Waals surface area contributed by atoms with Gasteiger partial charge in [-0.1, -0.05) is 6.92 Å².